The van der Waals surface area contributed by atoms with Crippen molar-refractivity contribution in [3.05, 3.63) is 0 Å². The Morgan fingerprint density at radius 3 is 2.38 bits per heavy atom. The second-order valence-electron chi connectivity index (χ2n) is 5.40. The third kappa shape index (κ3) is 3.59. The summed E-state index contributed by atoms with van der Waals surface area (Å²) in [6, 6.07) is -0.726. The Morgan fingerprint density at radius 2 is 2.00 bits per heavy atom. The minimum atomic E-state index is -4.87. The highest BCUT2D eigenvalue weighted by Gasteiger charge is 2.64. The molecule has 5 nitrogen and oxygen atoms in total. The van der Waals surface area contributed by atoms with E-state index in [1.807, 2.05) is 13.8 Å². The lowest BCUT2D eigenvalue weighted by atomic mass is 9.86. The molecular weight excluding hydrogens is 289 g/mol. The molecule has 21 heavy (non-hydrogen) atoms. The first-order valence-corrected chi connectivity index (χ1v) is 7.03. The summed E-state index contributed by atoms with van der Waals surface area (Å²) in [5.41, 5.74) is -2.85. The van der Waals surface area contributed by atoms with Crippen LogP contribution >= 0.6 is 0 Å². The molecule has 2 N–H and O–H groups in total. The predicted octanol–water partition coefficient (Wildman–Crippen LogP) is 2.61. The van der Waals surface area contributed by atoms with Crippen molar-refractivity contribution in [2.24, 2.45) is 5.41 Å². The Kier molecular flexibility index (Phi) is 5.47. The number of carboxylic acids is 1. The number of carbonyl (C=O) groups is 2. The lowest BCUT2D eigenvalue weighted by molar-refractivity contribution is -0.226. The maximum Gasteiger partial charge on any atom is 0.406 e. The van der Waals surface area contributed by atoms with Crippen molar-refractivity contribution in [3.63, 3.8) is 0 Å². The molecule has 0 aromatic carbocycles. The third-order valence-electron chi connectivity index (χ3n) is 3.97. The maximum absolute atomic E-state index is 13.0. The molecule has 0 saturated carbocycles. The summed E-state index contributed by atoms with van der Waals surface area (Å²) in [5, 5.41) is 11.6. The van der Waals surface area contributed by atoms with Crippen LogP contribution in [0.25, 0.3) is 0 Å². The van der Waals surface area contributed by atoms with Crippen LogP contribution in [0.3, 0.4) is 0 Å². The van der Waals surface area contributed by atoms with Crippen molar-refractivity contribution in [1.82, 2.24) is 10.2 Å². The lowest BCUT2D eigenvalue weighted by Gasteiger charge is -2.28. The number of nitrogens with zero attached hydrogens (tertiary/aromatic N) is 1. The van der Waals surface area contributed by atoms with Gasteiger partial charge in [-0.2, -0.15) is 13.2 Å². The Hall–Kier alpha value is -1.47. The van der Waals surface area contributed by atoms with Gasteiger partial charge in [-0.15, -0.1) is 0 Å². The Labute approximate surface area is 121 Å². The molecule has 0 aromatic heterocycles. The van der Waals surface area contributed by atoms with Crippen LogP contribution in [0.1, 0.15) is 39.5 Å². The first kappa shape index (κ1) is 17.6. The summed E-state index contributed by atoms with van der Waals surface area (Å²) in [4.78, 5) is 24.0. The number of alkyl halides is 3. The van der Waals surface area contributed by atoms with E-state index in [1.165, 1.54) is 0 Å². The Bertz CT molecular complexity index is 401. The van der Waals surface area contributed by atoms with E-state index in [-0.39, 0.29) is 12.6 Å². The van der Waals surface area contributed by atoms with Crippen LogP contribution in [0.2, 0.25) is 0 Å². The van der Waals surface area contributed by atoms with Crippen LogP contribution in [-0.2, 0) is 4.79 Å². The van der Waals surface area contributed by atoms with Gasteiger partial charge in [-0.05, 0) is 19.3 Å². The molecule has 0 bridgehead atoms. The number of halogens is 3. The van der Waals surface area contributed by atoms with Gasteiger partial charge in [0.15, 0.2) is 5.41 Å². The standard InChI is InChI=1S/C13H21F3N2O3/c1-3-5-9(4-2)17-11(21)18-7-6-12(8-18,10(19)20)13(14,15)16/h9H,3-8H2,1-2H3,(H,17,21)(H,19,20). The number of carboxylic acid groups (broad SMARTS) is 1. The second-order valence-corrected chi connectivity index (χ2v) is 5.40. The first-order chi connectivity index (χ1) is 9.67. The fourth-order valence-electron chi connectivity index (χ4n) is 2.50. The van der Waals surface area contributed by atoms with Crippen LogP contribution in [0.4, 0.5) is 18.0 Å². The van der Waals surface area contributed by atoms with E-state index >= 15 is 0 Å². The van der Waals surface area contributed by atoms with Crippen molar-refractivity contribution in [1.29, 1.82) is 0 Å². The van der Waals surface area contributed by atoms with Crippen LogP contribution in [0.15, 0.2) is 0 Å². The largest absolute Gasteiger partial charge is 0.481 e. The SMILES string of the molecule is CCCC(CC)NC(=O)N1CCC(C(=O)O)(C(F)(F)F)C1. The zero-order valence-corrected chi connectivity index (χ0v) is 12.2. The Morgan fingerprint density at radius 1 is 1.38 bits per heavy atom. The molecular formula is C13H21F3N2O3. The van der Waals surface area contributed by atoms with Gasteiger partial charge in [0, 0.05) is 19.1 Å². The van der Waals surface area contributed by atoms with Crippen LogP contribution in [-0.4, -0.2) is 47.3 Å². The smallest absolute Gasteiger partial charge is 0.406 e. The highest BCUT2D eigenvalue weighted by molar-refractivity contribution is 5.80. The van der Waals surface area contributed by atoms with E-state index in [0.717, 1.165) is 17.7 Å². The molecule has 1 rings (SSSR count). The van der Waals surface area contributed by atoms with Gasteiger partial charge in [-0.1, -0.05) is 20.3 Å². The molecule has 2 unspecified atom stereocenters. The molecule has 1 saturated heterocycles. The van der Waals surface area contributed by atoms with Gasteiger partial charge in [-0.3, -0.25) is 4.79 Å². The first-order valence-electron chi connectivity index (χ1n) is 7.03. The fraction of sp³-hybridized carbons (Fsp3) is 0.846. The summed E-state index contributed by atoms with van der Waals surface area (Å²) in [6.07, 6.45) is -3.22. The number of rotatable bonds is 5. The van der Waals surface area contributed by atoms with Gasteiger partial charge in [0.25, 0.3) is 0 Å². The number of carbonyl (C=O) groups excluding carboxylic acids is 1. The van der Waals surface area contributed by atoms with E-state index in [4.69, 9.17) is 5.11 Å². The third-order valence-corrected chi connectivity index (χ3v) is 3.97. The molecule has 8 heteroatoms. The molecule has 122 valence electrons. The molecule has 2 amide bonds. The maximum atomic E-state index is 13.0. The molecule has 0 aromatic rings. The quantitative estimate of drug-likeness (QED) is 0.820. The van der Waals surface area contributed by atoms with Gasteiger partial charge < -0.3 is 15.3 Å². The average Bonchev–Trinajstić information content (AvgIpc) is 2.84. The van der Waals surface area contributed by atoms with Gasteiger partial charge in [0.2, 0.25) is 0 Å². The topological polar surface area (TPSA) is 69.6 Å². The number of aliphatic carboxylic acids is 1. The minimum Gasteiger partial charge on any atom is -0.481 e. The number of hydrogen-bond acceptors (Lipinski definition) is 2. The van der Waals surface area contributed by atoms with Gasteiger partial charge >= 0.3 is 18.2 Å². The zero-order chi connectivity index (χ0) is 16.3. The molecule has 1 aliphatic rings. The van der Waals surface area contributed by atoms with Crippen LogP contribution in [0.5, 0.6) is 0 Å². The van der Waals surface area contributed by atoms with E-state index in [1.54, 1.807) is 0 Å². The minimum absolute atomic E-state index is 0.104. The van der Waals surface area contributed by atoms with Gasteiger partial charge in [-0.25, -0.2) is 4.79 Å². The summed E-state index contributed by atoms with van der Waals surface area (Å²) < 4.78 is 39.0. The highest BCUT2D eigenvalue weighted by Crippen LogP contribution is 2.45. The molecule has 0 aliphatic carbocycles. The molecule has 1 heterocycles. The summed E-state index contributed by atoms with van der Waals surface area (Å²) in [5.74, 6) is -1.93. The molecule has 1 fully saturated rings. The summed E-state index contributed by atoms with van der Waals surface area (Å²) in [6.45, 7) is 2.78. The normalized spacial score (nSPS) is 24.0. The van der Waals surface area contributed by atoms with Crippen molar-refractivity contribution in [2.75, 3.05) is 13.1 Å². The number of urea groups is 1. The van der Waals surface area contributed by atoms with E-state index in [0.29, 0.717) is 6.42 Å². The molecule has 0 spiro atoms. The van der Waals surface area contributed by atoms with Crippen molar-refractivity contribution in [3.8, 4) is 0 Å². The highest BCUT2D eigenvalue weighted by atomic mass is 19.4. The lowest BCUT2D eigenvalue weighted by Crippen LogP contribution is -2.50. The molecule has 2 atom stereocenters. The van der Waals surface area contributed by atoms with E-state index in [9.17, 15) is 22.8 Å². The number of amides is 2. The molecule has 0 radical (unpaired) electrons. The number of hydrogen-bond donors (Lipinski definition) is 2. The predicted molar refractivity (Wildman–Crippen MR) is 69.8 cm³/mol. The summed E-state index contributed by atoms with van der Waals surface area (Å²) >= 11 is 0. The zero-order valence-electron chi connectivity index (χ0n) is 12.2. The molecule has 1 aliphatic heterocycles. The van der Waals surface area contributed by atoms with Gasteiger partial charge in [0.1, 0.15) is 0 Å². The monoisotopic (exact) mass is 310 g/mol. The van der Waals surface area contributed by atoms with E-state index in [2.05, 4.69) is 5.32 Å². The average molecular weight is 310 g/mol. The van der Waals surface area contributed by atoms with Crippen molar-refractivity contribution in [2.45, 2.75) is 51.7 Å². The van der Waals surface area contributed by atoms with Crippen LogP contribution < -0.4 is 5.32 Å². The summed E-state index contributed by atoms with van der Waals surface area (Å²) in [7, 11) is 0. The second kappa shape index (κ2) is 6.53. The van der Waals surface area contributed by atoms with Gasteiger partial charge in [0.05, 0.1) is 0 Å². The van der Waals surface area contributed by atoms with Crippen LogP contribution in [0, 0.1) is 5.41 Å². The number of nitrogens with one attached hydrogen (secondary N) is 1. The van der Waals surface area contributed by atoms with Crippen molar-refractivity contribution >= 4 is 12.0 Å². The van der Waals surface area contributed by atoms with E-state index < -0.39 is 36.6 Å². The number of likely N-dealkylation sites (tertiary alicyclic amines) is 1. The Balaban J connectivity index is 2.76. The van der Waals surface area contributed by atoms with Crippen molar-refractivity contribution < 1.29 is 27.9 Å². The fourth-order valence-corrected chi connectivity index (χ4v) is 2.50.